The van der Waals surface area contributed by atoms with Gasteiger partial charge in [0.2, 0.25) is 12.3 Å². The molecule has 2 amide bonds. The summed E-state index contributed by atoms with van der Waals surface area (Å²) in [6, 6.07) is 12.2. The molecule has 3 heterocycles. The molecule has 5 atom stereocenters. The number of amides is 2. The molecule has 2 N–H and O–H groups in total. The standard InChI is InChI=1S/C28H27ClF2N4O4/c1-39-24-9-8-18(14-33-24)28(38)20-6-2-3-7-23(20)35(27(28)37)15-17-11-19(25(30)31)22(12-21(17)29)34-26(36)16-5-4-10-32-13-16/h2-10,13-14,17,19,21-22,25,38H,11-12,15H2,1H3,(H,34,36)/t17-,19-,21-,22-,28+/m1/s1. The number of hydrogen-bond donors (Lipinski definition) is 2. The van der Waals surface area contributed by atoms with E-state index in [-0.39, 0.29) is 30.5 Å². The number of benzene rings is 1. The topological polar surface area (TPSA) is 105 Å². The van der Waals surface area contributed by atoms with Gasteiger partial charge in [0.1, 0.15) is 0 Å². The van der Waals surface area contributed by atoms with E-state index in [4.69, 9.17) is 16.3 Å². The van der Waals surface area contributed by atoms with Crippen molar-refractivity contribution in [3.8, 4) is 5.88 Å². The summed E-state index contributed by atoms with van der Waals surface area (Å²) in [6.07, 6.45) is 1.64. The van der Waals surface area contributed by atoms with Crippen LogP contribution < -0.4 is 15.0 Å². The summed E-state index contributed by atoms with van der Waals surface area (Å²) in [5, 5.41) is 13.8. The summed E-state index contributed by atoms with van der Waals surface area (Å²) in [7, 11) is 1.46. The predicted molar refractivity (Wildman–Crippen MR) is 140 cm³/mol. The van der Waals surface area contributed by atoms with Crippen LogP contribution in [0.15, 0.2) is 67.1 Å². The number of pyridine rings is 2. The Morgan fingerprint density at radius 2 is 2.00 bits per heavy atom. The Bertz CT molecular complexity index is 1350. The largest absolute Gasteiger partial charge is 0.481 e. The number of aliphatic hydroxyl groups is 1. The zero-order valence-electron chi connectivity index (χ0n) is 21.0. The van der Waals surface area contributed by atoms with Gasteiger partial charge in [0.05, 0.1) is 18.4 Å². The minimum Gasteiger partial charge on any atom is -0.481 e. The molecule has 204 valence electrons. The summed E-state index contributed by atoms with van der Waals surface area (Å²) >= 11 is 6.72. The highest BCUT2D eigenvalue weighted by atomic mass is 35.5. The number of para-hydroxylation sites is 1. The smallest absolute Gasteiger partial charge is 0.268 e. The molecule has 1 aromatic carbocycles. The number of anilines is 1. The highest BCUT2D eigenvalue weighted by Crippen LogP contribution is 2.46. The minimum absolute atomic E-state index is 0.0156. The summed E-state index contributed by atoms with van der Waals surface area (Å²) in [4.78, 5) is 35.9. The van der Waals surface area contributed by atoms with E-state index < -0.39 is 47.1 Å². The van der Waals surface area contributed by atoms with Crippen molar-refractivity contribution in [2.24, 2.45) is 11.8 Å². The zero-order chi connectivity index (χ0) is 27.7. The third-order valence-electron chi connectivity index (χ3n) is 7.57. The first-order chi connectivity index (χ1) is 18.7. The van der Waals surface area contributed by atoms with Crippen molar-refractivity contribution in [3.63, 3.8) is 0 Å². The van der Waals surface area contributed by atoms with Crippen LogP contribution in [-0.2, 0) is 10.4 Å². The number of carbonyl (C=O) groups is 2. The van der Waals surface area contributed by atoms with Crippen molar-refractivity contribution in [1.82, 2.24) is 15.3 Å². The van der Waals surface area contributed by atoms with Crippen molar-refractivity contribution in [3.05, 3.63) is 83.8 Å². The predicted octanol–water partition coefficient (Wildman–Crippen LogP) is 3.77. The molecule has 1 aliphatic carbocycles. The maximum atomic E-state index is 14.2. The van der Waals surface area contributed by atoms with Crippen LogP contribution in [0.3, 0.4) is 0 Å². The maximum absolute atomic E-state index is 14.2. The molecular weight excluding hydrogens is 530 g/mol. The maximum Gasteiger partial charge on any atom is 0.268 e. The SMILES string of the molecule is COc1ccc([C@@]2(O)C(=O)N(C[C@H]3C[C@@H](C(F)F)[C@H](NC(=O)c4cccnc4)C[C@H]3Cl)c3ccccc32)cn1. The average molecular weight is 557 g/mol. The lowest BCUT2D eigenvalue weighted by Crippen LogP contribution is -2.52. The number of nitrogens with zero attached hydrogens (tertiary/aromatic N) is 3. The van der Waals surface area contributed by atoms with Crippen molar-refractivity contribution in [1.29, 1.82) is 0 Å². The lowest BCUT2D eigenvalue weighted by Gasteiger charge is -2.40. The Labute approximate surface area is 229 Å². The van der Waals surface area contributed by atoms with Crippen LogP contribution in [0.1, 0.15) is 34.3 Å². The molecule has 1 aliphatic heterocycles. The molecule has 8 nitrogen and oxygen atoms in total. The van der Waals surface area contributed by atoms with E-state index in [9.17, 15) is 23.5 Å². The fourth-order valence-corrected chi connectivity index (χ4v) is 5.87. The van der Waals surface area contributed by atoms with Crippen LogP contribution in [0.4, 0.5) is 14.5 Å². The van der Waals surface area contributed by atoms with Crippen molar-refractivity contribution in [2.75, 3.05) is 18.6 Å². The van der Waals surface area contributed by atoms with E-state index in [1.54, 1.807) is 48.5 Å². The van der Waals surface area contributed by atoms with E-state index >= 15 is 0 Å². The summed E-state index contributed by atoms with van der Waals surface area (Å²) < 4.78 is 33.5. The number of methoxy groups -OCH3 is 1. The van der Waals surface area contributed by atoms with Crippen LogP contribution in [0.25, 0.3) is 0 Å². The molecule has 0 unspecified atom stereocenters. The molecule has 3 aromatic rings. The number of carbonyl (C=O) groups excluding carboxylic acids is 2. The van der Waals surface area contributed by atoms with Gasteiger partial charge in [-0.15, -0.1) is 11.6 Å². The molecular formula is C28H27ClF2N4O4. The van der Waals surface area contributed by atoms with Gasteiger partial charge in [-0.2, -0.15) is 0 Å². The molecule has 5 rings (SSSR count). The monoisotopic (exact) mass is 556 g/mol. The van der Waals surface area contributed by atoms with Crippen molar-refractivity contribution < 1.29 is 28.2 Å². The molecule has 1 saturated carbocycles. The molecule has 0 spiro atoms. The van der Waals surface area contributed by atoms with Crippen LogP contribution in [0.5, 0.6) is 5.88 Å². The number of hydrogen-bond acceptors (Lipinski definition) is 6. The Morgan fingerprint density at radius 1 is 1.21 bits per heavy atom. The molecule has 39 heavy (non-hydrogen) atoms. The van der Waals surface area contributed by atoms with Gasteiger partial charge in [-0.05, 0) is 43.0 Å². The van der Waals surface area contributed by atoms with Crippen LogP contribution in [-0.4, -0.2) is 58.4 Å². The lowest BCUT2D eigenvalue weighted by atomic mass is 9.77. The van der Waals surface area contributed by atoms with Gasteiger partial charge >= 0.3 is 0 Å². The summed E-state index contributed by atoms with van der Waals surface area (Å²) in [6.45, 7) is 0.0302. The molecule has 0 bridgehead atoms. The van der Waals surface area contributed by atoms with E-state index in [1.165, 1.54) is 30.6 Å². The van der Waals surface area contributed by atoms with Crippen LogP contribution in [0.2, 0.25) is 0 Å². The first kappa shape index (κ1) is 27.0. The van der Waals surface area contributed by atoms with E-state index in [0.29, 0.717) is 17.1 Å². The Morgan fingerprint density at radius 3 is 2.67 bits per heavy atom. The Balaban J connectivity index is 1.38. The number of alkyl halides is 3. The number of halogens is 3. The van der Waals surface area contributed by atoms with Gasteiger partial charge in [0, 0.05) is 59.7 Å². The van der Waals surface area contributed by atoms with Gasteiger partial charge in [0.15, 0.2) is 5.60 Å². The number of nitrogens with one attached hydrogen (secondary N) is 1. The second-order valence-corrected chi connectivity index (χ2v) is 10.4. The van der Waals surface area contributed by atoms with E-state index in [0.717, 1.165) is 0 Å². The fraction of sp³-hybridized carbons (Fsp3) is 0.357. The molecule has 2 aromatic heterocycles. The third-order valence-corrected chi connectivity index (χ3v) is 8.10. The van der Waals surface area contributed by atoms with Gasteiger partial charge in [0.25, 0.3) is 11.8 Å². The first-order valence-electron chi connectivity index (χ1n) is 12.5. The van der Waals surface area contributed by atoms with Gasteiger partial charge in [-0.25, -0.2) is 13.8 Å². The number of ether oxygens (including phenoxy) is 1. The Hall–Kier alpha value is -3.63. The first-order valence-corrected chi connectivity index (χ1v) is 12.9. The number of fused-ring (bicyclic) bond motifs is 1. The summed E-state index contributed by atoms with van der Waals surface area (Å²) in [5.41, 5.74) is -0.626. The average Bonchev–Trinajstić information content (AvgIpc) is 3.17. The quantitative estimate of drug-likeness (QED) is 0.429. The van der Waals surface area contributed by atoms with E-state index in [2.05, 4.69) is 15.3 Å². The zero-order valence-corrected chi connectivity index (χ0v) is 21.8. The minimum atomic E-state index is -2.71. The van der Waals surface area contributed by atoms with Gasteiger partial charge < -0.3 is 20.1 Å². The fourth-order valence-electron chi connectivity index (χ4n) is 5.50. The highest BCUT2D eigenvalue weighted by molar-refractivity contribution is 6.21. The van der Waals surface area contributed by atoms with Gasteiger partial charge in [-0.3, -0.25) is 14.6 Å². The summed E-state index contributed by atoms with van der Waals surface area (Å²) in [5.74, 6) is -2.45. The van der Waals surface area contributed by atoms with Crippen molar-refractivity contribution >= 4 is 29.1 Å². The second kappa shape index (κ2) is 10.9. The van der Waals surface area contributed by atoms with Crippen molar-refractivity contribution in [2.45, 2.75) is 36.3 Å². The molecule has 0 saturated heterocycles. The number of aromatic nitrogens is 2. The van der Waals surface area contributed by atoms with Crippen LogP contribution >= 0.6 is 11.6 Å². The second-order valence-electron chi connectivity index (χ2n) is 9.80. The van der Waals surface area contributed by atoms with Crippen LogP contribution in [0, 0.1) is 11.8 Å². The molecule has 2 aliphatic rings. The van der Waals surface area contributed by atoms with Gasteiger partial charge in [-0.1, -0.05) is 18.2 Å². The third kappa shape index (κ3) is 4.94. The molecule has 1 fully saturated rings. The Kier molecular flexibility index (Phi) is 7.51. The number of rotatable bonds is 7. The van der Waals surface area contributed by atoms with E-state index in [1.807, 2.05) is 0 Å². The molecule has 11 heteroatoms. The lowest BCUT2D eigenvalue weighted by molar-refractivity contribution is -0.132. The normalized spacial score (nSPS) is 26.4. The highest BCUT2D eigenvalue weighted by Gasteiger charge is 2.52. The molecule has 0 radical (unpaired) electrons.